The van der Waals surface area contributed by atoms with E-state index in [0.717, 1.165) is 18.0 Å². The van der Waals surface area contributed by atoms with Crippen molar-refractivity contribution in [2.45, 2.75) is 25.2 Å². The number of anilines is 2. The van der Waals surface area contributed by atoms with E-state index >= 15 is 0 Å². The van der Waals surface area contributed by atoms with Crippen molar-refractivity contribution in [2.75, 3.05) is 61.9 Å². The molecule has 1 aromatic carbocycles. The average molecular weight is 542 g/mol. The second kappa shape index (κ2) is 11.5. The minimum Gasteiger partial charge on any atom is -0.368 e. The van der Waals surface area contributed by atoms with Crippen LogP contribution in [-0.4, -0.2) is 83.2 Å². The quantitative estimate of drug-likeness (QED) is 0.235. The Morgan fingerprint density at radius 3 is 2.39 bits per heavy atom. The molecule has 3 rings (SSSR count). The molecule has 0 N–H and O–H groups in total. The molecular weight excluding hydrogens is 510 g/mol. The van der Waals surface area contributed by atoms with Crippen LogP contribution in [0.3, 0.4) is 0 Å². The summed E-state index contributed by atoms with van der Waals surface area (Å²) in [6, 6.07) is 6.13. The van der Waals surface area contributed by atoms with E-state index in [1.807, 2.05) is 24.0 Å². The Morgan fingerprint density at radius 2 is 1.83 bits per heavy atom. The van der Waals surface area contributed by atoms with Crippen molar-refractivity contribution in [2.24, 2.45) is 0 Å². The standard InChI is InChI=1S/C22H31N5O7S2/c1-4-8-25(13-14-34-35(3,30)31)22-18(2)15-20(27(28)29)16-21(22)36(32,33)26-11-9-24(10-12-26)19-6-5-7-23-17-19/h5-7,15-17H,4,8-14H2,1-3H3. The molecule has 36 heavy (non-hydrogen) atoms. The van der Waals surface area contributed by atoms with Crippen molar-refractivity contribution in [3.05, 3.63) is 52.3 Å². The topological polar surface area (TPSA) is 143 Å². The first-order valence-electron chi connectivity index (χ1n) is 11.5. The summed E-state index contributed by atoms with van der Waals surface area (Å²) in [7, 11) is -7.79. The zero-order chi connectivity index (χ0) is 26.5. The van der Waals surface area contributed by atoms with Gasteiger partial charge in [0, 0.05) is 57.6 Å². The number of nitro groups is 1. The normalized spacial score (nSPS) is 15.1. The summed E-state index contributed by atoms with van der Waals surface area (Å²) in [5.41, 5.74) is 1.29. The summed E-state index contributed by atoms with van der Waals surface area (Å²) in [6.07, 6.45) is 4.96. The second-order valence-corrected chi connectivity index (χ2v) is 12.0. The van der Waals surface area contributed by atoms with Crippen LogP contribution in [0.25, 0.3) is 0 Å². The fourth-order valence-corrected chi connectivity index (χ4v) is 6.31. The van der Waals surface area contributed by atoms with Crippen LogP contribution in [0.5, 0.6) is 0 Å². The third kappa shape index (κ3) is 6.69. The summed E-state index contributed by atoms with van der Waals surface area (Å²) in [5.74, 6) is 0. The highest BCUT2D eigenvalue weighted by atomic mass is 32.2. The lowest BCUT2D eigenvalue weighted by atomic mass is 10.1. The van der Waals surface area contributed by atoms with Crippen molar-refractivity contribution in [3.63, 3.8) is 0 Å². The molecule has 14 heteroatoms. The molecule has 12 nitrogen and oxygen atoms in total. The fourth-order valence-electron chi connectivity index (χ4n) is 4.21. The highest BCUT2D eigenvalue weighted by Gasteiger charge is 2.34. The smallest absolute Gasteiger partial charge is 0.271 e. The number of piperazine rings is 1. The maximum Gasteiger partial charge on any atom is 0.271 e. The van der Waals surface area contributed by atoms with Crippen LogP contribution in [0, 0.1) is 17.0 Å². The lowest BCUT2D eigenvalue weighted by Crippen LogP contribution is -2.49. The van der Waals surface area contributed by atoms with Crippen LogP contribution in [-0.2, 0) is 24.3 Å². The molecule has 1 aromatic heterocycles. The van der Waals surface area contributed by atoms with Crippen molar-refractivity contribution >= 4 is 37.2 Å². The first-order valence-corrected chi connectivity index (χ1v) is 14.7. The number of benzene rings is 1. The van der Waals surface area contributed by atoms with Gasteiger partial charge >= 0.3 is 0 Å². The van der Waals surface area contributed by atoms with Gasteiger partial charge in [0.15, 0.2) is 0 Å². The number of hydrogen-bond donors (Lipinski definition) is 0. The van der Waals surface area contributed by atoms with Gasteiger partial charge in [0.25, 0.3) is 15.8 Å². The molecule has 198 valence electrons. The van der Waals surface area contributed by atoms with E-state index in [-0.39, 0.29) is 36.8 Å². The van der Waals surface area contributed by atoms with E-state index in [4.69, 9.17) is 4.18 Å². The Labute approximate surface area is 211 Å². The van der Waals surface area contributed by atoms with Crippen LogP contribution >= 0.6 is 0 Å². The number of hydrogen-bond acceptors (Lipinski definition) is 10. The van der Waals surface area contributed by atoms with Gasteiger partial charge in [0.05, 0.1) is 35.4 Å². The first-order chi connectivity index (χ1) is 16.9. The van der Waals surface area contributed by atoms with Crippen molar-refractivity contribution in [1.29, 1.82) is 0 Å². The molecule has 0 spiro atoms. The zero-order valence-corrected chi connectivity index (χ0v) is 22.2. The fraction of sp³-hybridized carbons (Fsp3) is 0.500. The molecule has 0 unspecified atom stereocenters. The molecule has 1 aliphatic heterocycles. The van der Waals surface area contributed by atoms with E-state index in [2.05, 4.69) is 4.98 Å². The lowest BCUT2D eigenvalue weighted by molar-refractivity contribution is -0.385. The minimum absolute atomic E-state index is 0.0941. The van der Waals surface area contributed by atoms with Crippen molar-refractivity contribution in [1.82, 2.24) is 9.29 Å². The summed E-state index contributed by atoms with van der Waals surface area (Å²) >= 11 is 0. The highest BCUT2D eigenvalue weighted by Crippen LogP contribution is 2.36. The van der Waals surface area contributed by atoms with Crippen molar-refractivity contribution < 1.29 is 25.9 Å². The zero-order valence-electron chi connectivity index (χ0n) is 20.5. The van der Waals surface area contributed by atoms with Gasteiger partial charge in [-0.1, -0.05) is 6.92 Å². The number of non-ortho nitro benzene ring substituents is 1. The number of sulfonamides is 1. The third-order valence-electron chi connectivity index (χ3n) is 5.80. The number of rotatable bonds is 11. The Hall–Kier alpha value is -2.81. The SMILES string of the molecule is CCCN(CCOS(C)(=O)=O)c1c(C)cc([N+](=O)[O-])cc1S(=O)(=O)N1CCN(c2cccnc2)CC1. The molecule has 0 bridgehead atoms. The van der Waals surface area contributed by atoms with Crippen molar-refractivity contribution in [3.8, 4) is 0 Å². The Balaban J connectivity index is 1.96. The van der Waals surface area contributed by atoms with Gasteiger partial charge < -0.3 is 9.80 Å². The lowest BCUT2D eigenvalue weighted by Gasteiger charge is -2.36. The molecule has 0 radical (unpaired) electrons. The van der Waals surface area contributed by atoms with Gasteiger partial charge in [-0.2, -0.15) is 12.7 Å². The van der Waals surface area contributed by atoms with Gasteiger partial charge in [-0.3, -0.25) is 19.3 Å². The monoisotopic (exact) mass is 541 g/mol. The van der Waals surface area contributed by atoms with Gasteiger partial charge in [-0.15, -0.1) is 0 Å². The largest absolute Gasteiger partial charge is 0.368 e. The predicted molar refractivity (Wildman–Crippen MR) is 136 cm³/mol. The number of nitrogens with zero attached hydrogens (tertiary/aromatic N) is 5. The minimum atomic E-state index is -4.11. The van der Waals surface area contributed by atoms with Gasteiger partial charge in [0.2, 0.25) is 10.0 Å². The average Bonchev–Trinajstić information content (AvgIpc) is 2.83. The van der Waals surface area contributed by atoms with Crippen LogP contribution in [0.4, 0.5) is 17.1 Å². The molecular formula is C22H31N5O7S2. The molecule has 1 aliphatic rings. The molecule has 2 aromatic rings. The molecule has 0 saturated carbocycles. The van der Waals surface area contributed by atoms with E-state index in [1.165, 1.54) is 10.4 Å². The molecule has 0 aliphatic carbocycles. The molecule has 1 fully saturated rings. The predicted octanol–water partition coefficient (Wildman–Crippen LogP) is 2.00. The van der Waals surface area contributed by atoms with Gasteiger partial charge in [-0.05, 0) is 31.0 Å². The molecule has 0 amide bonds. The third-order valence-corrected chi connectivity index (χ3v) is 8.30. The maximum atomic E-state index is 13.8. The van der Waals surface area contributed by atoms with Gasteiger partial charge in [-0.25, -0.2) is 8.42 Å². The number of aromatic nitrogens is 1. The van der Waals surface area contributed by atoms with Crippen LogP contribution in [0.15, 0.2) is 41.6 Å². The second-order valence-electron chi connectivity index (χ2n) is 8.48. The molecule has 2 heterocycles. The van der Waals surface area contributed by atoms with E-state index in [0.29, 0.717) is 37.3 Å². The van der Waals surface area contributed by atoms with E-state index in [1.54, 1.807) is 24.2 Å². The Bertz CT molecular complexity index is 1280. The summed E-state index contributed by atoms with van der Waals surface area (Å²) in [6.45, 7) is 5.11. The maximum absolute atomic E-state index is 13.8. The van der Waals surface area contributed by atoms with Gasteiger partial charge in [0.1, 0.15) is 4.90 Å². The number of pyridine rings is 1. The number of nitro benzene ring substituents is 1. The van der Waals surface area contributed by atoms with E-state index < -0.39 is 25.1 Å². The van der Waals surface area contributed by atoms with Crippen LogP contribution in [0.2, 0.25) is 0 Å². The van der Waals surface area contributed by atoms with Crippen LogP contribution < -0.4 is 9.80 Å². The Morgan fingerprint density at radius 1 is 1.14 bits per heavy atom. The number of aryl methyl sites for hydroxylation is 1. The highest BCUT2D eigenvalue weighted by molar-refractivity contribution is 7.89. The van der Waals surface area contributed by atoms with E-state index in [9.17, 15) is 26.9 Å². The summed E-state index contributed by atoms with van der Waals surface area (Å²) < 4.78 is 56.7. The van der Waals surface area contributed by atoms with Crippen LogP contribution in [0.1, 0.15) is 18.9 Å². The Kier molecular flexibility index (Phi) is 8.87. The summed E-state index contributed by atoms with van der Waals surface area (Å²) in [5, 5.41) is 11.6. The molecule has 0 atom stereocenters. The summed E-state index contributed by atoms with van der Waals surface area (Å²) in [4.78, 5) is 18.6. The first kappa shape index (κ1) is 27.8. The molecule has 1 saturated heterocycles.